The lowest BCUT2D eigenvalue weighted by Gasteiger charge is -2.37. The number of benzene rings is 1. The molecule has 130 valence electrons. The van der Waals surface area contributed by atoms with Crippen LogP contribution in [-0.2, 0) is 9.53 Å². The fourth-order valence-electron chi connectivity index (χ4n) is 3.19. The molecule has 1 aromatic carbocycles. The van der Waals surface area contributed by atoms with Crippen LogP contribution in [0.15, 0.2) is 18.2 Å². The topological polar surface area (TPSA) is 49.9 Å². The molecule has 0 spiro atoms. The first kappa shape index (κ1) is 17.5. The summed E-state index contributed by atoms with van der Waals surface area (Å²) >= 11 is 11.9. The number of hydrogen-bond donors (Lipinski definition) is 0. The molecule has 0 aliphatic carbocycles. The van der Waals surface area contributed by atoms with Crippen LogP contribution in [0, 0.1) is 5.92 Å². The molecule has 3 rings (SSSR count). The second kappa shape index (κ2) is 7.72. The van der Waals surface area contributed by atoms with Gasteiger partial charge in [-0.15, -0.1) is 0 Å². The molecule has 0 N–H and O–H groups in total. The Hall–Kier alpha value is -1.30. The summed E-state index contributed by atoms with van der Waals surface area (Å²) in [7, 11) is 0. The van der Waals surface area contributed by atoms with Crippen LogP contribution in [0.25, 0.3) is 0 Å². The molecule has 0 aromatic heterocycles. The molecule has 0 unspecified atom stereocenters. The fourth-order valence-corrected chi connectivity index (χ4v) is 3.72. The monoisotopic (exact) mass is 370 g/mol. The Morgan fingerprint density at radius 2 is 1.46 bits per heavy atom. The lowest BCUT2D eigenvalue weighted by molar-refractivity contribution is -0.140. The summed E-state index contributed by atoms with van der Waals surface area (Å²) in [5, 5.41) is 0.887. The van der Waals surface area contributed by atoms with Gasteiger partial charge < -0.3 is 14.5 Å². The maximum Gasteiger partial charge on any atom is 0.254 e. The molecular weight excluding hydrogens is 351 g/mol. The number of hydrogen-bond acceptors (Lipinski definition) is 3. The van der Waals surface area contributed by atoms with Crippen LogP contribution < -0.4 is 0 Å². The molecule has 7 heteroatoms. The lowest BCUT2D eigenvalue weighted by atomic mass is 9.98. The number of nitrogens with zero attached hydrogens (tertiary/aromatic N) is 2. The van der Waals surface area contributed by atoms with E-state index in [1.54, 1.807) is 23.1 Å². The average molecular weight is 371 g/mol. The maximum atomic E-state index is 12.6. The first-order valence-corrected chi connectivity index (χ1v) is 8.92. The van der Waals surface area contributed by atoms with Gasteiger partial charge in [-0.25, -0.2) is 0 Å². The Labute approximate surface area is 151 Å². The molecule has 0 bridgehead atoms. The summed E-state index contributed by atoms with van der Waals surface area (Å²) in [6.45, 7) is 3.50. The molecule has 1 aromatic rings. The largest absolute Gasteiger partial charge is 0.381 e. The SMILES string of the molecule is O=C(c1cc(Cl)cc(Cl)c1)N1CCN(C(=O)C2CCOCC2)CC1. The van der Waals surface area contributed by atoms with E-state index in [2.05, 4.69) is 0 Å². The van der Waals surface area contributed by atoms with Crippen molar-refractivity contribution in [3.05, 3.63) is 33.8 Å². The standard InChI is InChI=1S/C17H20Cl2N2O3/c18-14-9-13(10-15(19)11-14)17(23)21-5-3-20(4-6-21)16(22)12-1-7-24-8-2-12/h9-12H,1-8H2. The summed E-state index contributed by atoms with van der Waals surface area (Å²) in [5.41, 5.74) is 0.483. The van der Waals surface area contributed by atoms with Gasteiger partial charge >= 0.3 is 0 Å². The molecule has 0 radical (unpaired) electrons. The van der Waals surface area contributed by atoms with Crippen molar-refractivity contribution in [3.63, 3.8) is 0 Å². The van der Waals surface area contributed by atoms with Crippen LogP contribution in [0.5, 0.6) is 0 Å². The second-order valence-electron chi connectivity index (χ2n) is 6.16. The van der Waals surface area contributed by atoms with Crippen LogP contribution in [0.2, 0.25) is 10.0 Å². The van der Waals surface area contributed by atoms with Crippen molar-refractivity contribution in [2.45, 2.75) is 12.8 Å². The summed E-state index contributed by atoms with van der Waals surface area (Å²) in [4.78, 5) is 28.7. The van der Waals surface area contributed by atoms with Crippen LogP contribution in [0.4, 0.5) is 0 Å². The molecule has 2 aliphatic heterocycles. The van der Waals surface area contributed by atoms with E-state index in [-0.39, 0.29) is 17.7 Å². The van der Waals surface area contributed by atoms with Crippen LogP contribution in [-0.4, -0.2) is 61.0 Å². The van der Waals surface area contributed by atoms with Gasteiger partial charge in [0.2, 0.25) is 5.91 Å². The summed E-state index contributed by atoms with van der Waals surface area (Å²) in [6.07, 6.45) is 1.58. The number of carbonyl (C=O) groups excluding carboxylic acids is 2. The van der Waals surface area contributed by atoms with E-state index in [1.165, 1.54) is 0 Å². The second-order valence-corrected chi connectivity index (χ2v) is 7.04. The van der Waals surface area contributed by atoms with Crippen molar-refractivity contribution in [2.24, 2.45) is 5.92 Å². The van der Waals surface area contributed by atoms with Gasteiger partial charge in [-0.2, -0.15) is 0 Å². The van der Waals surface area contributed by atoms with Crippen molar-refractivity contribution >= 4 is 35.0 Å². The van der Waals surface area contributed by atoms with Gasteiger partial charge in [-0.3, -0.25) is 9.59 Å². The number of ether oxygens (including phenoxy) is 1. The summed E-state index contributed by atoms with van der Waals surface area (Å²) in [5.74, 6) is 0.154. The van der Waals surface area contributed by atoms with E-state index in [4.69, 9.17) is 27.9 Å². The van der Waals surface area contributed by atoms with E-state index >= 15 is 0 Å². The van der Waals surface area contributed by atoms with E-state index in [0.717, 1.165) is 12.8 Å². The molecule has 24 heavy (non-hydrogen) atoms. The van der Waals surface area contributed by atoms with Crippen LogP contribution in [0.1, 0.15) is 23.2 Å². The molecule has 2 aliphatic rings. The Kier molecular flexibility index (Phi) is 5.64. The quantitative estimate of drug-likeness (QED) is 0.803. The van der Waals surface area contributed by atoms with Crippen molar-refractivity contribution in [2.75, 3.05) is 39.4 Å². The summed E-state index contributed by atoms with van der Waals surface area (Å²) < 4.78 is 5.31. The molecule has 2 saturated heterocycles. The van der Waals surface area contributed by atoms with E-state index in [1.807, 2.05) is 4.90 Å². The van der Waals surface area contributed by atoms with Gasteiger partial charge in [0.25, 0.3) is 5.91 Å². The van der Waals surface area contributed by atoms with Crippen LogP contribution >= 0.6 is 23.2 Å². The third-order valence-electron chi connectivity index (χ3n) is 4.56. The zero-order chi connectivity index (χ0) is 17.1. The maximum absolute atomic E-state index is 12.6. The number of amides is 2. The molecule has 0 atom stereocenters. The van der Waals surface area contributed by atoms with Crippen molar-refractivity contribution in [1.29, 1.82) is 0 Å². The normalized spacial score (nSPS) is 19.4. The third kappa shape index (κ3) is 4.02. The highest BCUT2D eigenvalue weighted by molar-refractivity contribution is 6.35. The van der Waals surface area contributed by atoms with Crippen molar-refractivity contribution < 1.29 is 14.3 Å². The van der Waals surface area contributed by atoms with Gasteiger partial charge in [0.05, 0.1) is 0 Å². The number of rotatable bonds is 2. The highest BCUT2D eigenvalue weighted by atomic mass is 35.5. The minimum Gasteiger partial charge on any atom is -0.381 e. The number of carbonyl (C=O) groups is 2. The van der Waals surface area contributed by atoms with Gasteiger partial charge in [0, 0.05) is 60.9 Å². The lowest BCUT2D eigenvalue weighted by Crippen LogP contribution is -2.52. The molecule has 2 fully saturated rings. The first-order valence-electron chi connectivity index (χ1n) is 8.16. The highest BCUT2D eigenvalue weighted by Gasteiger charge is 2.30. The Morgan fingerprint density at radius 3 is 2.04 bits per heavy atom. The minimum absolute atomic E-state index is 0.0627. The Balaban J connectivity index is 1.58. The van der Waals surface area contributed by atoms with Gasteiger partial charge in [-0.05, 0) is 31.0 Å². The predicted octanol–water partition coefficient (Wildman–Crippen LogP) is 2.70. The first-order chi connectivity index (χ1) is 11.5. The smallest absolute Gasteiger partial charge is 0.254 e. The highest BCUT2D eigenvalue weighted by Crippen LogP contribution is 2.22. The average Bonchev–Trinajstić information content (AvgIpc) is 2.60. The van der Waals surface area contributed by atoms with Crippen LogP contribution in [0.3, 0.4) is 0 Å². The van der Waals surface area contributed by atoms with E-state index < -0.39 is 0 Å². The molecule has 2 amide bonds. The summed E-state index contributed by atoms with van der Waals surface area (Å²) in [6, 6.07) is 4.84. The van der Waals surface area contributed by atoms with Gasteiger partial charge in [0.1, 0.15) is 0 Å². The zero-order valence-electron chi connectivity index (χ0n) is 13.3. The van der Waals surface area contributed by atoms with E-state index in [0.29, 0.717) is 55.0 Å². The van der Waals surface area contributed by atoms with E-state index in [9.17, 15) is 9.59 Å². The number of piperazine rings is 1. The third-order valence-corrected chi connectivity index (χ3v) is 5.00. The Morgan fingerprint density at radius 1 is 0.917 bits per heavy atom. The van der Waals surface area contributed by atoms with Crippen molar-refractivity contribution in [3.8, 4) is 0 Å². The Bertz CT molecular complexity index is 604. The molecule has 2 heterocycles. The molecule has 0 saturated carbocycles. The van der Waals surface area contributed by atoms with Gasteiger partial charge in [-0.1, -0.05) is 23.2 Å². The molecular formula is C17H20Cl2N2O3. The predicted molar refractivity (Wildman–Crippen MR) is 92.5 cm³/mol. The number of halogens is 2. The van der Waals surface area contributed by atoms with Crippen molar-refractivity contribution in [1.82, 2.24) is 9.80 Å². The minimum atomic E-state index is -0.0995. The molecule has 5 nitrogen and oxygen atoms in total. The zero-order valence-corrected chi connectivity index (χ0v) is 14.9. The fraction of sp³-hybridized carbons (Fsp3) is 0.529. The van der Waals surface area contributed by atoms with Gasteiger partial charge in [0.15, 0.2) is 0 Å².